The molecule has 0 saturated heterocycles. The van der Waals surface area contributed by atoms with Crippen molar-refractivity contribution in [3.63, 3.8) is 0 Å². The van der Waals surface area contributed by atoms with E-state index >= 15 is 0 Å². The lowest BCUT2D eigenvalue weighted by molar-refractivity contribution is -0.121. The summed E-state index contributed by atoms with van der Waals surface area (Å²) in [6.07, 6.45) is 7.03. The smallest absolute Gasteiger partial charge is 0.247 e. The van der Waals surface area contributed by atoms with Crippen LogP contribution in [-0.4, -0.2) is 18.4 Å². The van der Waals surface area contributed by atoms with Gasteiger partial charge in [-0.05, 0) is 6.42 Å². The number of primary amides is 1. The molecular formula is C13H24N2O2. The second-order valence-corrected chi connectivity index (χ2v) is 4.27. The van der Waals surface area contributed by atoms with Gasteiger partial charge in [-0.3, -0.25) is 9.59 Å². The van der Waals surface area contributed by atoms with Gasteiger partial charge in [-0.15, -0.1) is 0 Å². The van der Waals surface area contributed by atoms with Crippen LogP contribution in [0.4, 0.5) is 0 Å². The fraction of sp³-hybridized carbons (Fsp3) is 0.692. The minimum absolute atomic E-state index is 0.0671. The summed E-state index contributed by atoms with van der Waals surface area (Å²) in [7, 11) is 0. The number of rotatable bonds is 10. The quantitative estimate of drug-likeness (QED) is 0.452. The summed E-state index contributed by atoms with van der Waals surface area (Å²) in [5.41, 5.74) is 5.21. The van der Waals surface area contributed by atoms with Crippen molar-refractivity contribution in [3.05, 3.63) is 12.2 Å². The summed E-state index contributed by atoms with van der Waals surface area (Å²) < 4.78 is 0. The van der Waals surface area contributed by atoms with Crippen LogP contribution in [0.15, 0.2) is 12.2 Å². The summed E-state index contributed by atoms with van der Waals surface area (Å²) in [5.74, 6) is -0.790. The highest BCUT2D eigenvalue weighted by Gasteiger charge is 2.08. The Morgan fingerprint density at radius 1 is 1.12 bits per heavy atom. The summed E-state index contributed by atoms with van der Waals surface area (Å²) in [6, 6.07) is 0. The molecule has 0 atom stereocenters. The molecule has 98 valence electrons. The Balaban J connectivity index is 3.45. The third-order valence-electron chi connectivity index (χ3n) is 2.52. The van der Waals surface area contributed by atoms with Crippen LogP contribution in [0, 0.1) is 0 Å². The maximum absolute atomic E-state index is 11.4. The highest BCUT2D eigenvalue weighted by molar-refractivity contribution is 5.97. The van der Waals surface area contributed by atoms with Crippen molar-refractivity contribution in [2.75, 3.05) is 6.54 Å². The summed E-state index contributed by atoms with van der Waals surface area (Å²) in [4.78, 5) is 22.0. The first-order valence-corrected chi connectivity index (χ1v) is 6.32. The molecule has 0 rings (SSSR count). The third kappa shape index (κ3) is 9.60. The fourth-order valence-electron chi connectivity index (χ4n) is 1.52. The summed E-state index contributed by atoms with van der Waals surface area (Å²) in [6.45, 7) is 6.35. The molecule has 4 heteroatoms. The Hall–Kier alpha value is -1.32. The molecule has 3 N–H and O–H groups in total. The third-order valence-corrected chi connectivity index (χ3v) is 2.52. The van der Waals surface area contributed by atoms with Crippen molar-refractivity contribution in [1.29, 1.82) is 0 Å². The van der Waals surface area contributed by atoms with Crippen LogP contribution in [0.2, 0.25) is 0 Å². The van der Waals surface area contributed by atoms with Crippen molar-refractivity contribution in [2.24, 2.45) is 5.73 Å². The minimum atomic E-state index is -0.523. The lowest BCUT2D eigenvalue weighted by Crippen LogP contribution is -2.27. The molecule has 0 aliphatic heterocycles. The Labute approximate surface area is 104 Å². The molecule has 0 aliphatic carbocycles. The van der Waals surface area contributed by atoms with Gasteiger partial charge in [-0.25, -0.2) is 0 Å². The molecule has 0 aromatic heterocycles. The first-order valence-electron chi connectivity index (χ1n) is 6.32. The molecule has 0 radical (unpaired) electrons. The molecule has 0 fully saturated rings. The number of unbranched alkanes of at least 4 members (excludes halogenated alkanes) is 5. The zero-order chi connectivity index (χ0) is 13.1. The van der Waals surface area contributed by atoms with Gasteiger partial charge in [-0.2, -0.15) is 0 Å². The van der Waals surface area contributed by atoms with E-state index in [1.165, 1.54) is 25.7 Å². The van der Waals surface area contributed by atoms with Gasteiger partial charge in [-0.1, -0.05) is 45.6 Å². The van der Waals surface area contributed by atoms with Crippen LogP contribution >= 0.6 is 0 Å². The molecule has 0 aromatic carbocycles. The van der Waals surface area contributed by atoms with Gasteiger partial charge in [0.15, 0.2) is 0 Å². The zero-order valence-electron chi connectivity index (χ0n) is 10.8. The maximum atomic E-state index is 11.4. The van der Waals surface area contributed by atoms with Crippen molar-refractivity contribution < 1.29 is 9.59 Å². The van der Waals surface area contributed by atoms with Gasteiger partial charge in [0.05, 0.1) is 6.42 Å². The van der Waals surface area contributed by atoms with Gasteiger partial charge in [0.2, 0.25) is 11.8 Å². The van der Waals surface area contributed by atoms with E-state index in [-0.39, 0.29) is 17.9 Å². The predicted molar refractivity (Wildman–Crippen MR) is 69.3 cm³/mol. The molecule has 2 amide bonds. The van der Waals surface area contributed by atoms with Crippen LogP contribution in [0.1, 0.15) is 51.9 Å². The number of carbonyl (C=O) groups excluding carboxylic acids is 2. The predicted octanol–water partition coefficient (Wildman–Crippen LogP) is 1.89. The number of nitrogens with one attached hydrogen (secondary N) is 1. The number of carbonyl (C=O) groups is 2. The van der Waals surface area contributed by atoms with Gasteiger partial charge >= 0.3 is 0 Å². The molecule has 0 heterocycles. The van der Waals surface area contributed by atoms with E-state index in [1.54, 1.807) is 0 Å². The molecule has 0 aliphatic rings. The second-order valence-electron chi connectivity index (χ2n) is 4.27. The number of hydrogen-bond acceptors (Lipinski definition) is 2. The van der Waals surface area contributed by atoms with Gasteiger partial charge < -0.3 is 11.1 Å². The average molecular weight is 240 g/mol. The lowest BCUT2D eigenvalue weighted by atomic mass is 10.1. The van der Waals surface area contributed by atoms with Crippen molar-refractivity contribution >= 4 is 11.8 Å². The standard InChI is InChI=1S/C13H24N2O2/c1-3-4-5-6-7-8-9-15-13(17)11(2)10-12(14)16/h2-10H2,1H3,(H2,14,16)(H,15,17). The van der Waals surface area contributed by atoms with Crippen LogP contribution < -0.4 is 11.1 Å². The van der Waals surface area contributed by atoms with Gasteiger partial charge in [0.1, 0.15) is 0 Å². The first kappa shape index (κ1) is 15.7. The van der Waals surface area contributed by atoms with Crippen molar-refractivity contribution in [2.45, 2.75) is 51.9 Å². The summed E-state index contributed by atoms with van der Waals surface area (Å²) in [5, 5.41) is 2.73. The highest BCUT2D eigenvalue weighted by Crippen LogP contribution is 2.04. The van der Waals surface area contributed by atoms with Crippen LogP contribution in [0.5, 0.6) is 0 Å². The van der Waals surface area contributed by atoms with Crippen LogP contribution in [0.3, 0.4) is 0 Å². The summed E-state index contributed by atoms with van der Waals surface area (Å²) >= 11 is 0. The molecule has 0 bridgehead atoms. The topological polar surface area (TPSA) is 72.2 Å². The van der Waals surface area contributed by atoms with Gasteiger partial charge in [0, 0.05) is 12.1 Å². The Morgan fingerprint density at radius 3 is 2.29 bits per heavy atom. The van der Waals surface area contributed by atoms with Gasteiger partial charge in [0.25, 0.3) is 0 Å². The average Bonchev–Trinajstić information content (AvgIpc) is 2.26. The highest BCUT2D eigenvalue weighted by atomic mass is 16.2. The molecule has 17 heavy (non-hydrogen) atoms. The minimum Gasteiger partial charge on any atom is -0.369 e. The number of hydrogen-bond donors (Lipinski definition) is 2. The van der Waals surface area contributed by atoms with Crippen molar-refractivity contribution in [3.8, 4) is 0 Å². The molecule has 0 spiro atoms. The Kier molecular flexibility index (Phi) is 9.11. The normalized spacial score (nSPS) is 9.94. The molecular weight excluding hydrogens is 216 g/mol. The van der Waals surface area contributed by atoms with E-state index in [9.17, 15) is 9.59 Å². The van der Waals surface area contributed by atoms with E-state index < -0.39 is 5.91 Å². The number of nitrogens with two attached hydrogens (primary N) is 1. The molecule has 0 aromatic rings. The zero-order valence-corrected chi connectivity index (χ0v) is 10.8. The van der Waals surface area contributed by atoms with E-state index in [0.29, 0.717) is 6.54 Å². The SMILES string of the molecule is C=C(CC(N)=O)C(=O)NCCCCCCCC. The first-order chi connectivity index (χ1) is 8.07. The monoisotopic (exact) mass is 240 g/mol. The molecule has 0 saturated carbocycles. The molecule has 0 unspecified atom stereocenters. The Morgan fingerprint density at radius 2 is 1.71 bits per heavy atom. The molecule has 4 nitrogen and oxygen atoms in total. The fourth-order valence-corrected chi connectivity index (χ4v) is 1.52. The van der Waals surface area contributed by atoms with Crippen LogP contribution in [0.25, 0.3) is 0 Å². The maximum Gasteiger partial charge on any atom is 0.247 e. The second kappa shape index (κ2) is 9.87. The van der Waals surface area contributed by atoms with Crippen LogP contribution in [-0.2, 0) is 9.59 Å². The van der Waals surface area contributed by atoms with Crippen molar-refractivity contribution in [1.82, 2.24) is 5.32 Å². The van der Waals surface area contributed by atoms with E-state index in [4.69, 9.17) is 5.73 Å². The number of amides is 2. The van der Waals surface area contributed by atoms with E-state index in [0.717, 1.165) is 12.8 Å². The van der Waals surface area contributed by atoms with E-state index in [2.05, 4.69) is 18.8 Å². The van der Waals surface area contributed by atoms with E-state index in [1.807, 2.05) is 0 Å². The lowest BCUT2D eigenvalue weighted by Gasteiger charge is -2.06. The largest absolute Gasteiger partial charge is 0.369 e. The Bertz CT molecular complexity index is 262.